The second-order valence-electron chi connectivity index (χ2n) is 7.33. The Bertz CT molecular complexity index is 1160. The minimum absolute atomic E-state index is 0.0546. The number of hydrogen-bond donors (Lipinski definition) is 1. The molecule has 0 saturated carbocycles. The fraction of sp³-hybridized carbons (Fsp3) is 0.167. The normalized spacial score (nSPS) is 14.5. The molecule has 7 heteroatoms. The van der Waals surface area contributed by atoms with E-state index in [9.17, 15) is 18.0 Å². The molecule has 1 aliphatic rings. The predicted octanol–water partition coefficient (Wildman–Crippen LogP) is 3.17. The van der Waals surface area contributed by atoms with Gasteiger partial charge in [0, 0.05) is 12.5 Å². The van der Waals surface area contributed by atoms with Crippen LogP contribution in [0.5, 0.6) is 0 Å². The van der Waals surface area contributed by atoms with Crippen molar-refractivity contribution >= 4 is 21.8 Å². The number of fused-ring (bicyclic) bond motifs is 1. The summed E-state index contributed by atoms with van der Waals surface area (Å²) in [5.41, 5.74) is 2.37. The molecular formula is C24H22N2O4S. The van der Waals surface area contributed by atoms with Crippen LogP contribution in [0.3, 0.4) is 0 Å². The fourth-order valence-corrected chi connectivity index (χ4v) is 5.35. The van der Waals surface area contributed by atoms with E-state index >= 15 is 0 Å². The van der Waals surface area contributed by atoms with Crippen LogP contribution >= 0.6 is 0 Å². The molecule has 1 aliphatic heterocycles. The van der Waals surface area contributed by atoms with Gasteiger partial charge >= 0.3 is 0 Å². The number of sulfonamides is 1. The third-order valence-electron chi connectivity index (χ3n) is 5.36. The molecule has 1 N–H and O–H groups in total. The monoisotopic (exact) mass is 434 g/mol. The maximum Gasteiger partial charge on any atom is 0.269 e. The minimum atomic E-state index is -4.00. The van der Waals surface area contributed by atoms with Gasteiger partial charge in [0.05, 0.1) is 5.56 Å². The van der Waals surface area contributed by atoms with Gasteiger partial charge in [-0.1, -0.05) is 72.8 Å². The van der Waals surface area contributed by atoms with Crippen LogP contribution in [0.4, 0.5) is 0 Å². The molecule has 158 valence electrons. The zero-order chi connectivity index (χ0) is 21.8. The molecule has 4 rings (SSSR count). The van der Waals surface area contributed by atoms with Gasteiger partial charge in [0.1, 0.15) is 11.4 Å². The molecule has 6 nitrogen and oxygen atoms in total. The van der Waals surface area contributed by atoms with Crippen molar-refractivity contribution < 1.29 is 18.0 Å². The SMILES string of the molecule is O=C(CN1C(=O)c2ccccc2S1(=O)=O)NCCC(c1ccccc1)c1ccccc1. The van der Waals surface area contributed by atoms with Gasteiger partial charge in [0.25, 0.3) is 15.9 Å². The number of rotatable bonds is 7. The van der Waals surface area contributed by atoms with Gasteiger partial charge in [-0.05, 0) is 29.7 Å². The highest BCUT2D eigenvalue weighted by atomic mass is 32.2. The van der Waals surface area contributed by atoms with E-state index in [-0.39, 0.29) is 16.4 Å². The molecule has 3 aromatic carbocycles. The highest BCUT2D eigenvalue weighted by molar-refractivity contribution is 7.90. The van der Waals surface area contributed by atoms with Crippen LogP contribution in [0, 0.1) is 0 Å². The average molecular weight is 435 g/mol. The number of carbonyl (C=O) groups is 2. The van der Waals surface area contributed by atoms with Gasteiger partial charge in [-0.2, -0.15) is 0 Å². The molecule has 0 aromatic heterocycles. The molecule has 0 radical (unpaired) electrons. The summed E-state index contributed by atoms with van der Waals surface area (Å²) in [5, 5.41) is 2.77. The molecule has 31 heavy (non-hydrogen) atoms. The van der Waals surface area contributed by atoms with Crippen LogP contribution in [0.2, 0.25) is 0 Å². The van der Waals surface area contributed by atoms with E-state index in [2.05, 4.69) is 5.32 Å². The first-order valence-electron chi connectivity index (χ1n) is 10.0. The summed E-state index contributed by atoms with van der Waals surface area (Å²) >= 11 is 0. The lowest BCUT2D eigenvalue weighted by Crippen LogP contribution is -2.40. The highest BCUT2D eigenvalue weighted by Gasteiger charge is 2.41. The Labute approximate surface area is 181 Å². The van der Waals surface area contributed by atoms with E-state index in [1.165, 1.54) is 12.1 Å². The van der Waals surface area contributed by atoms with Crippen molar-refractivity contribution in [1.82, 2.24) is 9.62 Å². The summed E-state index contributed by atoms with van der Waals surface area (Å²) < 4.78 is 25.9. The van der Waals surface area contributed by atoms with Crippen LogP contribution in [0.1, 0.15) is 33.8 Å². The number of nitrogens with one attached hydrogen (secondary N) is 1. The summed E-state index contributed by atoms with van der Waals surface area (Å²) in [5.74, 6) is -1.09. The van der Waals surface area contributed by atoms with Gasteiger partial charge in [-0.25, -0.2) is 12.7 Å². The number of nitrogens with zero attached hydrogens (tertiary/aromatic N) is 1. The van der Waals surface area contributed by atoms with E-state index in [0.29, 0.717) is 17.3 Å². The van der Waals surface area contributed by atoms with Crippen LogP contribution in [-0.2, 0) is 14.8 Å². The van der Waals surface area contributed by atoms with Crippen molar-refractivity contribution in [2.45, 2.75) is 17.2 Å². The summed E-state index contributed by atoms with van der Waals surface area (Å²) in [6.07, 6.45) is 0.640. The first kappa shape index (κ1) is 20.8. The van der Waals surface area contributed by atoms with E-state index < -0.39 is 28.4 Å². The lowest BCUT2D eigenvalue weighted by atomic mass is 9.88. The highest BCUT2D eigenvalue weighted by Crippen LogP contribution is 2.30. The van der Waals surface area contributed by atoms with Gasteiger partial charge < -0.3 is 5.32 Å². The zero-order valence-corrected chi connectivity index (χ0v) is 17.6. The third-order valence-corrected chi connectivity index (χ3v) is 7.15. The number of hydrogen-bond acceptors (Lipinski definition) is 4. The second kappa shape index (κ2) is 8.73. The molecule has 0 aliphatic carbocycles. The molecule has 3 aromatic rings. The smallest absolute Gasteiger partial charge is 0.269 e. The first-order chi connectivity index (χ1) is 15.0. The molecule has 0 bridgehead atoms. The minimum Gasteiger partial charge on any atom is -0.354 e. The Balaban J connectivity index is 1.41. The van der Waals surface area contributed by atoms with Gasteiger partial charge in [0.2, 0.25) is 5.91 Å². The molecule has 0 saturated heterocycles. The maximum absolute atomic E-state index is 12.6. The van der Waals surface area contributed by atoms with Gasteiger partial charge in [-0.15, -0.1) is 0 Å². The molecule has 0 unspecified atom stereocenters. The van der Waals surface area contributed by atoms with Crippen LogP contribution in [-0.4, -0.2) is 37.6 Å². The molecule has 0 atom stereocenters. The third kappa shape index (κ3) is 4.22. The fourth-order valence-electron chi connectivity index (χ4n) is 3.83. The standard InChI is InChI=1S/C24H22N2O4S/c27-23(17-26-24(28)21-13-7-8-14-22(21)31(26,29)30)25-16-15-20(18-9-3-1-4-10-18)19-11-5-2-6-12-19/h1-14,20H,15-17H2,(H,25,27). The average Bonchev–Trinajstić information content (AvgIpc) is 2.99. The molecule has 1 heterocycles. The molecular weight excluding hydrogens is 412 g/mol. The van der Waals surface area contributed by atoms with E-state index in [4.69, 9.17) is 0 Å². The molecule has 0 fully saturated rings. The van der Waals surface area contributed by atoms with Crippen LogP contribution in [0.25, 0.3) is 0 Å². The largest absolute Gasteiger partial charge is 0.354 e. The van der Waals surface area contributed by atoms with Crippen molar-refractivity contribution in [2.75, 3.05) is 13.1 Å². The lowest BCUT2D eigenvalue weighted by molar-refractivity contribution is -0.121. The Morgan fingerprint density at radius 1 is 0.839 bits per heavy atom. The Hall–Kier alpha value is -3.45. The van der Waals surface area contributed by atoms with E-state index in [1.54, 1.807) is 12.1 Å². The molecule has 2 amide bonds. The van der Waals surface area contributed by atoms with E-state index in [0.717, 1.165) is 11.1 Å². The molecule has 0 spiro atoms. The van der Waals surface area contributed by atoms with Crippen molar-refractivity contribution in [2.24, 2.45) is 0 Å². The number of carbonyl (C=O) groups excluding carboxylic acids is 2. The zero-order valence-electron chi connectivity index (χ0n) is 16.8. The first-order valence-corrected chi connectivity index (χ1v) is 11.4. The summed E-state index contributed by atoms with van der Waals surface area (Å²) in [4.78, 5) is 24.9. The summed E-state index contributed by atoms with van der Waals surface area (Å²) in [6, 6.07) is 26.0. The maximum atomic E-state index is 12.6. The lowest BCUT2D eigenvalue weighted by Gasteiger charge is -2.19. The summed E-state index contributed by atoms with van der Waals surface area (Å²) in [7, 11) is -4.00. The topological polar surface area (TPSA) is 83.6 Å². The number of amides is 2. The number of benzene rings is 3. The summed E-state index contributed by atoms with van der Waals surface area (Å²) in [6.45, 7) is -0.181. The Kier molecular flexibility index (Phi) is 5.86. The van der Waals surface area contributed by atoms with Crippen molar-refractivity contribution in [3.63, 3.8) is 0 Å². The van der Waals surface area contributed by atoms with Gasteiger partial charge in [0.15, 0.2) is 0 Å². The van der Waals surface area contributed by atoms with Crippen molar-refractivity contribution in [3.8, 4) is 0 Å². The van der Waals surface area contributed by atoms with Crippen molar-refractivity contribution in [3.05, 3.63) is 102 Å². The van der Waals surface area contributed by atoms with Gasteiger partial charge in [-0.3, -0.25) is 9.59 Å². The Morgan fingerprint density at radius 3 is 1.97 bits per heavy atom. The predicted molar refractivity (Wildman–Crippen MR) is 117 cm³/mol. The quantitative estimate of drug-likeness (QED) is 0.619. The van der Waals surface area contributed by atoms with Crippen LogP contribution < -0.4 is 5.32 Å². The Morgan fingerprint density at radius 2 is 1.39 bits per heavy atom. The van der Waals surface area contributed by atoms with E-state index in [1.807, 2.05) is 60.7 Å². The van der Waals surface area contributed by atoms with Crippen LogP contribution in [0.15, 0.2) is 89.8 Å². The second-order valence-corrected chi connectivity index (χ2v) is 9.16. The van der Waals surface area contributed by atoms with Crippen molar-refractivity contribution in [1.29, 1.82) is 0 Å².